The Morgan fingerprint density at radius 3 is 1.38 bits per heavy atom. The number of carbonyl (C=O) groups is 2. The van der Waals surface area contributed by atoms with E-state index in [-0.39, 0.29) is 39.9 Å². The third-order valence-corrected chi connectivity index (χ3v) is 4.22. The number of primary amides is 2. The fourth-order valence-corrected chi connectivity index (χ4v) is 2.88. The first kappa shape index (κ1) is 19.9. The molecule has 0 aliphatic heterocycles. The first-order valence-electron chi connectivity index (χ1n) is 7.66. The van der Waals surface area contributed by atoms with Crippen LogP contribution in [0.5, 0.6) is 0 Å². The van der Waals surface area contributed by atoms with Gasteiger partial charge in [0.1, 0.15) is 0 Å². The Morgan fingerprint density at radius 2 is 1.14 bits per heavy atom. The molecular weight excluding hydrogens is 264 g/mol. The van der Waals surface area contributed by atoms with Gasteiger partial charge in [-0.25, -0.2) is 0 Å². The van der Waals surface area contributed by atoms with Crippen molar-refractivity contribution in [3.63, 3.8) is 0 Å². The lowest BCUT2D eigenvalue weighted by Crippen LogP contribution is -2.43. The van der Waals surface area contributed by atoms with E-state index in [2.05, 4.69) is 20.8 Å². The summed E-state index contributed by atoms with van der Waals surface area (Å²) in [6.45, 7) is 16.3. The van der Waals surface area contributed by atoms with E-state index in [4.69, 9.17) is 11.5 Å². The molecule has 0 radical (unpaired) electrons. The Labute approximate surface area is 130 Å². The van der Waals surface area contributed by atoms with Crippen molar-refractivity contribution in [3.05, 3.63) is 0 Å². The lowest BCUT2D eigenvalue weighted by atomic mass is 9.63. The second kappa shape index (κ2) is 6.37. The molecule has 0 saturated heterocycles. The number of amides is 2. The van der Waals surface area contributed by atoms with Crippen LogP contribution in [0.2, 0.25) is 0 Å². The smallest absolute Gasteiger partial charge is 0.221 e. The van der Waals surface area contributed by atoms with E-state index in [0.717, 1.165) is 0 Å². The van der Waals surface area contributed by atoms with Crippen LogP contribution >= 0.6 is 0 Å². The molecule has 4 N–H and O–H groups in total. The highest BCUT2D eigenvalue weighted by Crippen LogP contribution is 2.44. The normalized spacial score (nSPS) is 16.4. The van der Waals surface area contributed by atoms with E-state index in [0.29, 0.717) is 12.8 Å². The monoisotopic (exact) mass is 298 g/mol. The van der Waals surface area contributed by atoms with Crippen molar-refractivity contribution in [2.75, 3.05) is 0 Å². The number of nitrogens with two attached hydrogens (primary N) is 2. The Bertz CT molecular complexity index is 387. The van der Waals surface area contributed by atoms with E-state index in [1.807, 2.05) is 34.6 Å². The van der Waals surface area contributed by atoms with Crippen LogP contribution in [0.1, 0.15) is 68.2 Å². The molecule has 21 heavy (non-hydrogen) atoms. The van der Waals surface area contributed by atoms with Gasteiger partial charge in [0.2, 0.25) is 11.8 Å². The second-order valence-electron chi connectivity index (χ2n) is 9.23. The molecule has 0 fully saturated rings. The van der Waals surface area contributed by atoms with Crippen molar-refractivity contribution >= 4 is 11.8 Å². The lowest BCUT2D eigenvalue weighted by Gasteiger charge is -2.40. The summed E-state index contributed by atoms with van der Waals surface area (Å²) in [5, 5.41) is 0. The third kappa shape index (κ3) is 6.49. The van der Waals surface area contributed by atoms with Crippen LogP contribution in [-0.4, -0.2) is 11.8 Å². The Balaban J connectivity index is 5.39. The van der Waals surface area contributed by atoms with Crippen LogP contribution in [0.15, 0.2) is 0 Å². The van der Waals surface area contributed by atoms with E-state index in [1.54, 1.807) is 0 Å². The molecule has 2 amide bonds. The van der Waals surface area contributed by atoms with Crippen molar-refractivity contribution in [1.82, 2.24) is 0 Å². The highest BCUT2D eigenvalue weighted by Gasteiger charge is 2.42. The van der Waals surface area contributed by atoms with E-state index in [1.165, 1.54) is 0 Å². The minimum absolute atomic E-state index is 0.000912. The van der Waals surface area contributed by atoms with Crippen LogP contribution in [-0.2, 0) is 9.59 Å². The average Bonchev–Trinajstić information content (AvgIpc) is 2.19. The second-order valence-corrected chi connectivity index (χ2v) is 9.23. The molecule has 0 aromatic carbocycles. The molecule has 2 unspecified atom stereocenters. The van der Waals surface area contributed by atoms with Crippen molar-refractivity contribution in [1.29, 1.82) is 0 Å². The molecule has 0 aliphatic carbocycles. The van der Waals surface area contributed by atoms with Gasteiger partial charge in [0, 0.05) is 11.8 Å². The molecule has 0 spiro atoms. The van der Waals surface area contributed by atoms with E-state index in [9.17, 15) is 9.59 Å². The van der Waals surface area contributed by atoms with E-state index >= 15 is 0 Å². The summed E-state index contributed by atoms with van der Waals surface area (Å²) < 4.78 is 0. The highest BCUT2D eigenvalue weighted by atomic mass is 16.1. The molecule has 124 valence electrons. The predicted octanol–water partition coefficient (Wildman–Crippen LogP) is 3.09. The zero-order valence-corrected chi connectivity index (χ0v) is 15.0. The summed E-state index contributed by atoms with van der Waals surface area (Å²) in [7, 11) is 0. The number of hydrogen-bond donors (Lipinski definition) is 2. The standard InChI is InChI=1S/C17H34N2O2/c1-15(2,3)9-12(14(19)21)17(7,8)10-11(13(18)20)16(4,5)6/h11-12H,9-10H2,1-8H3,(H2,18,20)(H2,19,21). The van der Waals surface area contributed by atoms with Crippen LogP contribution in [0.25, 0.3) is 0 Å². The Hall–Kier alpha value is -1.06. The van der Waals surface area contributed by atoms with Gasteiger partial charge in [-0.1, -0.05) is 55.4 Å². The maximum absolute atomic E-state index is 11.9. The van der Waals surface area contributed by atoms with E-state index < -0.39 is 0 Å². The molecule has 0 aromatic rings. The SMILES string of the molecule is CC(C)(C)CC(C(N)=O)C(C)(C)CC(C(N)=O)C(C)(C)C. The summed E-state index contributed by atoms with van der Waals surface area (Å²) in [5.41, 5.74) is 10.6. The van der Waals surface area contributed by atoms with Gasteiger partial charge < -0.3 is 11.5 Å². The summed E-state index contributed by atoms with van der Waals surface area (Å²) >= 11 is 0. The Kier molecular flexibility index (Phi) is 6.05. The van der Waals surface area contributed by atoms with Gasteiger partial charge in [-0.2, -0.15) is 0 Å². The molecule has 0 aromatic heterocycles. The molecular formula is C17H34N2O2. The molecule has 0 heterocycles. The van der Waals surface area contributed by atoms with Crippen molar-refractivity contribution in [2.24, 2.45) is 39.5 Å². The first-order valence-corrected chi connectivity index (χ1v) is 7.66. The van der Waals surface area contributed by atoms with Crippen molar-refractivity contribution in [2.45, 2.75) is 68.2 Å². The molecule has 0 rings (SSSR count). The van der Waals surface area contributed by atoms with Gasteiger partial charge >= 0.3 is 0 Å². The first-order chi connectivity index (χ1) is 9.08. The van der Waals surface area contributed by atoms with Gasteiger partial charge in [-0.15, -0.1) is 0 Å². The minimum Gasteiger partial charge on any atom is -0.369 e. The Morgan fingerprint density at radius 1 is 0.762 bits per heavy atom. The third-order valence-electron chi connectivity index (χ3n) is 4.22. The summed E-state index contributed by atoms with van der Waals surface area (Å²) in [6.07, 6.45) is 1.26. The molecule has 0 bridgehead atoms. The topological polar surface area (TPSA) is 86.2 Å². The molecule has 0 aliphatic rings. The van der Waals surface area contributed by atoms with Crippen molar-refractivity contribution < 1.29 is 9.59 Å². The van der Waals surface area contributed by atoms with Crippen molar-refractivity contribution in [3.8, 4) is 0 Å². The highest BCUT2D eigenvalue weighted by molar-refractivity contribution is 5.79. The molecule has 4 nitrogen and oxygen atoms in total. The minimum atomic E-state index is -0.369. The lowest BCUT2D eigenvalue weighted by molar-refractivity contribution is -0.132. The van der Waals surface area contributed by atoms with Crippen LogP contribution in [0, 0.1) is 28.1 Å². The number of rotatable bonds is 6. The number of carbonyl (C=O) groups excluding carboxylic acids is 2. The summed E-state index contributed by atoms with van der Waals surface area (Å²) in [5.74, 6) is -1.17. The van der Waals surface area contributed by atoms with Gasteiger partial charge in [0.25, 0.3) is 0 Å². The number of hydrogen-bond acceptors (Lipinski definition) is 2. The van der Waals surface area contributed by atoms with Gasteiger partial charge in [0.15, 0.2) is 0 Å². The van der Waals surface area contributed by atoms with Crippen LogP contribution < -0.4 is 11.5 Å². The summed E-state index contributed by atoms with van der Waals surface area (Å²) in [6, 6.07) is 0. The average molecular weight is 298 g/mol. The van der Waals surface area contributed by atoms with Gasteiger partial charge in [0.05, 0.1) is 0 Å². The van der Waals surface area contributed by atoms with Gasteiger partial charge in [-0.05, 0) is 29.1 Å². The van der Waals surface area contributed by atoms with Crippen LogP contribution in [0.3, 0.4) is 0 Å². The molecule has 0 saturated carbocycles. The quantitative estimate of drug-likeness (QED) is 0.789. The predicted molar refractivity (Wildman–Crippen MR) is 87.3 cm³/mol. The largest absolute Gasteiger partial charge is 0.369 e. The zero-order chi connectivity index (χ0) is 17.2. The summed E-state index contributed by atoms with van der Waals surface area (Å²) in [4.78, 5) is 23.7. The van der Waals surface area contributed by atoms with Crippen LogP contribution in [0.4, 0.5) is 0 Å². The molecule has 4 heteroatoms. The van der Waals surface area contributed by atoms with Gasteiger partial charge in [-0.3, -0.25) is 9.59 Å². The fourth-order valence-electron chi connectivity index (χ4n) is 2.88. The maximum Gasteiger partial charge on any atom is 0.221 e. The zero-order valence-electron chi connectivity index (χ0n) is 15.0. The maximum atomic E-state index is 11.9. The molecule has 2 atom stereocenters. The fraction of sp³-hybridized carbons (Fsp3) is 0.882.